The number of thiocarbonyl (C=S) groups is 1. The van der Waals surface area contributed by atoms with E-state index in [1.165, 1.54) is 12.1 Å². The van der Waals surface area contributed by atoms with Gasteiger partial charge in [-0.2, -0.15) is 13.2 Å². The van der Waals surface area contributed by atoms with Crippen molar-refractivity contribution in [2.45, 2.75) is 12.7 Å². The van der Waals surface area contributed by atoms with E-state index in [0.29, 0.717) is 22.2 Å². The van der Waals surface area contributed by atoms with E-state index in [-0.39, 0.29) is 0 Å². The van der Waals surface area contributed by atoms with Gasteiger partial charge in [-0.1, -0.05) is 29.8 Å². The molecule has 2 nitrogen and oxygen atoms in total. The average Bonchev–Trinajstić information content (AvgIpc) is 2.45. The minimum absolute atomic E-state index is 0.324. The highest BCUT2D eigenvalue weighted by Crippen LogP contribution is 2.29. The standard InChI is InChI=1S/C15H12ClF3N2S/c16-12-2-1-3-13(8-12)21-14(22)20-9-10-4-6-11(7-5-10)15(17,18)19/h1-8H,9H2,(H2,20,21,22). The molecule has 0 saturated heterocycles. The highest BCUT2D eigenvalue weighted by Gasteiger charge is 2.29. The quantitative estimate of drug-likeness (QED) is 0.779. The molecule has 0 atom stereocenters. The summed E-state index contributed by atoms with van der Waals surface area (Å²) < 4.78 is 37.4. The summed E-state index contributed by atoms with van der Waals surface area (Å²) >= 11 is 11.0. The summed E-state index contributed by atoms with van der Waals surface area (Å²) in [7, 11) is 0. The normalized spacial score (nSPS) is 11.1. The van der Waals surface area contributed by atoms with Crippen LogP contribution >= 0.6 is 23.8 Å². The second-order valence-electron chi connectivity index (χ2n) is 4.51. The number of halogens is 4. The smallest absolute Gasteiger partial charge is 0.358 e. The number of hydrogen-bond acceptors (Lipinski definition) is 1. The Hall–Kier alpha value is -1.79. The van der Waals surface area contributed by atoms with Gasteiger partial charge in [0.2, 0.25) is 0 Å². The first-order valence-electron chi connectivity index (χ1n) is 6.31. The molecule has 0 radical (unpaired) electrons. The maximum atomic E-state index is 12.5. The van der Waals surface area contributed by atoms with Crippen LogP contribution in [-0.4, -0.2) is 5.11 Å². The lowest BCUT2D eigenvalue weighted by Gasteiger charge is -2.11. The van der Waals surface area contributed by atoms with E-state index in [0.717, 1.165) is 17.8 Å². The van der Waals surface area contributed by atoms with Crippen LogP contribution in [0.25, 0.3) is 0 Å². The summed E-state index contributed by atoms with van der Waals surface area (Å²) in [4.78, 5) is 0. The van der Waals surface area contributed by atoms with E-state index in [1.807, 2.05) is 0 Å². The van der Waals surface area contributed by atoms with Crippen molar-refractivity contribution in [3.8, 4) is 0 Å². The molecule has 0 fully saturated rings. The van der Waals surface area contributed by atoms with E-state index in [4.69, 9.17) is 23.8 Å². The Morgan fingerprint density at radius 1 is 1.09 bits per heavy atom. The van der Waals surface area contributed by atoms with E-state index in [2.05, 4.69) is 10.6 Å². The number of nitrogens with one attached hydrogen (secondary N) is 2. The van der Waals surface area contributed by atoms with Gasteiger partial charge >= 0.3 is 6.18 Å². The summed E-state index contributed by atoms with van der Waals surface area (Å²) in [5.74, 6) is 0. The predicted molar refractivity (Wildman–Crippen MR) is 86.0 cm³/mol. The van der Waals surface area contributed by atoms with Crippen LogP contribution in [-0.2, 0) is 12.7 Å². The lowest BCUT2D eigenvalue weighted by molar-refractivity contribution is -0.137. The van der Waals surface area contributed by atoms with Crippen LogP contribution in [0.4, 0.5) is 18.9 Å². The number of alkyl halides is 3. The molecule has 0 saturated carbocycles. The van der Waals surface area contributed by atoms with Crippen LogP contribution in [0.5, 0.6) is 0 Å². The van der Waals surface area contributed by atoms with Gasteiger partial charge in [-0.15, -0.1) is 0 Å². The summed E-state index contributed by atoms with van der Waals surface area (Å²) in [6.45, 7) is 0.324. The van der Waals surface area contributed by atoms with Gasteiger partial charge in [-0.25, -0.2) is 0 Å². The fourth-order valence-corrected chi connectivity index (χ4v) is 2.12. The Labute approximate surface area is 136 Å². The first-order valence-corrected chi connectivity index (χ1v) is 7.10. The molecule has 0 aromatic heterocycles. The van der Waals surface area contributed by atoms with Crippen LogP contribution in [0, 0.1) is 0 Å². The lowest BCUT2D eigenvalue weighted by Crippen LogP contribution is -2.27. The average molecular weight is 345 g/mol. The highest BCUT2D eigenvalue weighted by atomic mass is 35.5. The molecule has 7 heteroatoms. The molecule has 2 N–H and O–H groups in total. The zero-order chi connectivity index (χ0) is 16.2. The highest BCUT2D eigenvalue weighted by molar-refractivity contribution is 7.80. The summed E-state index contributed by atoms with van der Waals surface area (Å²) in [5, 5.41) is 6.81. The molecule has 0 aliphatic heterocycles. The van der Waals surface area contributed by atoms with E-state index in [9.17, 15) is 13.2 Å². The fraction of sp³-hybridized carbons (Fsp3) is 0.133. The Kier molecular flexibility index (Phi) is 5.26. The van der Waals surface area contributed by atoms with Crippen molar-refractivity contribution in [3.05, 3.63) is 64.7 Å². The second kappa shape index (κ2) is 6.98. The molecule has 0 amide bonds. The van der Waals surface area contributed by atoms with Gasteiger partial charge in [0, 0.05) is 17.3 Å². The molecule has 0 unspecified atom stereocenters. The second-order valence-corrected chi connectivity index (χ2v) is 5.36. The minimum atomic E-state index is -4.32. The third-order valence-electron chi connectivity index (χ3n) is 2.82. The molecule has 0 aliphatic rings. The van der Waals surface area contributed by atoms with Crippen molar-refractivity contribution in [1.29, 1.82) is 0 Å². The van der Waals surface area contributed by atoms with Crippen molar-refractivity contribution in [1.82, 2.24) is 5.32 Å². The Morgan fingerprint density at radius 3 is 2.36 bits per heavy atom. The number of benzene rings is 2. The fourth-order valence-electron chi connectivity index (χ4n) is 1.74. The monoisotopic (exact) mass is 344 g/mol. The Bertz CT molecular complexity index is 657. The first-order chi connectivity index (χ1) is 10.3. The predicted octanol–water partition coefficient (Wildman–Crippen LogP) is 4.85. The van der Waals surface area contributed by atoms with E-state index in [1.54, 1.807) is 24.3 Å². The Balaban J connectivity index is 1.88. The molecule has 116 valence electrons. The topological polar surface area (TPSA) is 24.1 Å². The molecule has 0 aliphatic carbocycles. The summed E-state index contributed by atoms with van der Waals surface area (Å²) in [6, 6.07) is 12.0. The number of rotatable bonds is 3. The van der Waals surface area contributed by atoms with E-state index < -0.39 is 11.7 Å². The van der Waals surface area contributed by atoms with Crippen molar-refractivity contribution < 1.29 is 13.2 Å². The molecular formula is C15H12ClF3N2S. The van der Waals surface area contributed by atoms with Crippen LogP contribution < -0.4 is 10.6 Å². The molecular weight excluding hydrogens is 333 g/mol. The maximum Gasteiger partial charge on any atom is 0.416 e. The van der Waals surface area contributed by atoms with Crippen LogP contribution in [0.2, 0.25) is 5.02 Å². The number of anilines is 1. The zero-order valence-electron chi connectivity index (χ0n) is 11.2. The minimum Gasteiger partial charge on any atom is -0.358 e. The van der Waals surface area contributed by atoms with Crippen molar-refractivity contribution in [2.75, 3.05) is 5.32 Å². The number of hydrogen-bond donors (Lipinski definition) is 2. The Morgan fingerprint density at radius 2 is 1.77 bits per heavy atom. The summed E-state index contributed by atoms with van der Waals surface area (Å²) in [6.07, 6.45) is -4.32. The van der Waals surface area contributed by atoms with Gasteiger partial charge in [0.05, 0.1) is 5.56 Å². The largest absolute Gasteiger partial charge is 0.416 e. The third-order valence-corrected chi connectivity index (χ3v) is 3.30. The zero-order valence-corrected chi connectivity index (χ0v) is 12.8. The van der Waals surface area contributed by atoms with Crippen LogP contribution in [0.3, 0.4) is 0 Å². The van der Waals surface area contributed by atoms with Gasteiger partial charge in [0.15, 0.2) is 5.11 Å². The third kappa shape index (κ3) is 4.89. The molecule has 0 bridgehead atoms. The molecule has 0 spiro atoms. The molecule has 2 rings (SSSR count). The SMILES string of the molecule is FC(F)(F)c1ccc(CNC(=S)Nc2cccc(Cl)c2)cc1. The van der Waals surface area contributed by atoms with Gasteiger partial charge in [0.1, 0.15) is 0 Å². The van der Waals surface area contributed by atoms with Crippen molar-refractivity contribution in [2.24, 2.45) is 0 Å². The van der Waals surface area contributed by atoms with Crippen LogP contribution in [0.15, 0.2) is 48.5 Å². The van der Waals surface area contributed by atoms with Crippen molar-refractivity contribution >= 4 is 34.6 Å². The van der Waals surface area contributed by atoms with Gasteiger partial charge < -0.3 is 10.6 Å². The van der Waals surface area contributed by atoms with Crippen LogP contribution in [0.1, 0.15) is 11.1 Å². The van der Waals surface area contributed by atoms with Gasteiger partial charge in [0.25, 0.3) is 0 Å². The molecule has 2 aromatic carbocycles. The molecule has 22 heavy (non-hydrogen) atoms. The summed E-state index contributed by atoms with van der Waals surface area (Å²) in [5.41, 5.74) is 0.761. The van der Waals surface area contributed by atoms with Gasteiger partial charge in [-0.3, -0.25) is 0 Å². The van der Waals surface area contributed by atoms with E-state index >= 15 is 0 Å². The molecule has 2 aromatic rings. The van der Waals surface area contributed by atoms with Crippen molar-refractivity contribution in [3.63, 3.8) is 0 Å². The first kappa shape index (κ1) is 16.6. The lowest BCUT2D eigenvalue weighted by atomic mass is 10.1. The maximum absolute atomic E-state index is 12.5. The molecule has 0 heterocycles. The van der Waals surface area contributed by atoms with Gasteiger partial charge in [-0.05, 0) is 48.1 Å².